The molecule has 1 fully saturated rings. The van der Waals surface area contributed by atoms with Gasteiger partial charge in [-0.2, -0.15) is 0 Å². The highest BCUT2D eigenvalue weighted by Crippen LogP contribution is 2.27. The van der Waals surface area contributed by atoms with Crippen molar-refractivity contribution in [3.8, 4) is 0 Å². The zero-order valence-electron chi connectivity index (χ0n) is 16.6. The largest absolute Gasteiger partial charge is 0.454 e. The van der Waals surface area contributed by atoms with Gasteiger partial charge in [0.15, 0.2) is 6.61 Å². The molecule has 0 aliphatic carbocycles. The summed E-state index contributed by atoms with van der Waals surface area (Å²) in [7, 11) is 0. The minimum absolute atomic E-state index is 0.194. The number of benzene rings is 1. The molecule has 4 amide bonds. The number of carbonyl (C=O) groups excluding carboxylic acids is 4. The highest BCUT2D eigenvalue weighted by molar-refractivity contribution is 6.31. The van der Waals surface area contributed by atoms with Crippen LogP contribution in [0.1, 0.15) is 45.1 Å². The van der Waals surface area contributed by atoms with Gasteiger partial charge in [0.05, 0.1) is 0 Å². The minimum atomic E-state index is -0.965. The topological polar surface area (TPSA) is 105 Å². The normalized spacial score (nSPS) is 15.2. The number of esters is 1. The third kappa shape index (κ3) is 5.69. The van der Waals surface area contributed by atoms with Gasteiger partial charge < -0.3 is 15.4 Å². The lowest BCUT2D eigenvalue weighted by Crippen LogP contribution is -2.47. The van der Waals surface area contributed by atoms with Crippen molar-refractivity contribution >= 4 is 35.4 Å². The molecule has 0 spiro atoms. The number of amides is 4. The van der Waals surface area contributed by atoms with Gasteiger partial charge in [-0.05, 0) is 24.5 Å². The number of urea groups is 1. The first-order valence-electron chi connectivity index (χ1n) is 9.62. The monoisotopic (exact) mass is 423 g/mol. The molecule has 1 aromatic carbocycles. The van der Waals surface area contributed by atoms with E-state index in [-0.39, 0.29) is 6.54 Å². The molecular formula is C20H26ClN3O5. The molecule has 29 heavy (non-hydrogen) atoms. The molecule has 158 valence electrons. The molecule has 0 unspecified atom stereocenters. The van der Waals surface area contributed by atoms with E-state index in [4.69, 9.17) is 16.3 Å². The Kier molecular flexibility index (Phi) is 8.01. The van der Waals surface area contributed by atoms with Crippen LogP contribution in [-0.4, -0.2) is 47.4 Å². The second-order valence-corrected chi connectivity index (χ2v) is 7.34. The van der Waals surface area contributed by atoms with E-state index in [2.05, 4.69) is 10.6 Å². The average molecular weight is 424 g/mol. The molecule has 1 aliphatic heterocycles. The van der Waals surface area contributed by atoms with E-state index in [0.717, 1.165) is 23.3 Å². The highest BCUT2D eigenvalue weighted by atomic mass is 35.5. The van der Waals surface area contributed by atoms with Gasteiger partial charge in [-0.15, -0.1) is 0 Å². The van der Waals surface area contributed by atoms with E-state index >= 15 is 0 Å². The van der Waals surface area contributed by atoms with Crippen molar-refractivity contribution in [2.45, 2.75) is 51.6 Å². The second-order valence-electron chi connectivity index (χ2n) is 6.93. The molecule has 1 heterocycles. The quantitative estimate of drug-likeness (QED) is 0.444. The molecule has 1 saturated heterocycles. The van der Waals surface area contributed by atoms with Crippen LogP contribution < -0.4 is 10.6 Å². The molecule has 0 aromatic heterocycles. The fourth-order valence-corrected chi connectivity index (χ4v) is 3.55. The Balaban J connectivity index is 1.84. The number of halogens is 1. The molecular weight excluding hydrogens is 398 g/mol. The van der Waals surface area contributed by atoms with Gasteiger partial charge in [-0.25, -0.2) is 4.79 Å². The number of hydrogen-bond acceptors (Lipinski definition) is 5. The van der Waals surface area contributed by atoms with Gasteiger partial charge in [-0.3, -0.25) is 19.3 Å². The van der Waals surface area contributed by atoms with Gasteiger partial charge in [0, 0.05) is 11.6 Å². The van der Waals surface area contributed by atoms with Crippen LogP contribution >= 0.6 is 11.6 Å². The number of imide groups is 1. The van der Waals surface area contributed by atoms with Gasteiger partial charge >= 0.3 is 12.0 Å². The van der Waals surface area contributed by atoms with Crippen molar-refractivity contribution < 1.29 is 23.9 Å². The first-order valence-corrected chi connectivity index (χ1v) is 10.0. The standard InChI is InChI=1S/C20H26ClN3O5/c1-3-9-20(10-4-2)18(27)24(19(28)23-20)12-17(26)29-13-16(25)22-11-14-7-5-6-8-15(14)21/h5-8H,3-4,9-13H2,1-2H3,(H,22,25)(H,23,28). The van der Waals surface area contributed by atoms with Crippen molar-refractivity contribution in [2.24, 2.45) is 0 Å². The maximum absolute atomic E-state index is 12.7. The van der Waals surface area contributed by atoms with Gasteiger partial charge in [-0.1, -0.05) is 56.5 Å². The number of carbonyl (C=O) groups is 4. The third-order valence-electron chi connectivity index (χ3n) is 4.68. The van der Waals surface area contributed by atoms with Gasteiger partial charge in [0.1, 0.15) is 12.1 Å². The number of nitrogens with zero attached hydrogens (tertiary/aromatic N) is 1. The zero-order chi connectivity index (χ0) is 21.4. The zero-order valence-corrected chi connectivity index (χ0v) is 17.4. The molecule has 1 aliphatic rings. The van der Waals surface area contributed by atoms with Crippen LogP contribution in [0.4, 0.5) is 4.79 Å². The predicted molar refractivity (Wildman–Crippen MR) is 107 cm³/mol. The molecule has 2 rings (SSSR count). The molecule has 0 radical (unpaired) electrons. The Bertz CT molecular complexity index is 777. The SMILES string of the molecule is CCCC1(CCC)NC(=O)N(CC(=O)OCC(=O)NCc2ccccc2Cl)C1=O. The van der Waals surface area contributed by atoms with E-state index in [1.165, 1.54) is 0 Å². The average Bonchev–Trinajstić information content (AvgIpc) is 2.90. The Hall–Kier alpha value is -2.61. The number of ether oxygens (including phenoxy) is 1. The molecule has 0 bridgehead atoms. The lowest BCUT2D eigenvalue weighted by Gasteiger charge is -2.25. The summed E-state index contributed by atoms with van der Waals surface area (Å²) in [6, 6.07) is 6.43. The van der Waals surface area contributed by atoms with Crippen molar-refractivity contribution in [3.05, 3.63) is 34.9 Å². The Labute approximate surface area is 174 Å². The van der Waals surface area contributed by atoms with Gasteiger partial charge in [0.25, 0.3) is 11.8 Å². The van der Waals surface area contributed by atoms with Crippen molar-refractivity contribution in [2.75, 3.05) is 13.2 Å². The summed E-state index contributed by atoms with van der Waals surface area (Å²) >= 11 is 6.01. The first-order chi connectivity index (χ1) is 13.8. The van der Waals surface area contributed by atoms with E-state index in [0.29, 0.717) is 17.9 Å². The van der Waals surface area contributed by atoms with Crippen LogP contribution in [-0.2, 0) is 25.7 Å². The molecule has 9 heteroatoms. The maximum atomic E-state index is 12.7. The van der Waals surface area contributed by atoms with Crippen LogP contribution in [0.25, 0.3) is 0 Å². The third-order valence-corrected chi connectivity index (χ3v) is 5.05. The van der Waals surface area contributed by atoms with Crippen LogP contribution in [0.5, 0.6) is 0 Å². The highest BCUT2D eigenvalue weighted by Gasteiger charge is 2.50. The van der Waals surface area contributed by atoms with E-state index in [1.54, 1.807) is 24.3 Å². The maximum Gasteiger partial charge on any atom is 0.326 e. The van der Waals surface area contributed by atoms with Crippen molar-refractivity contribution in [3.63, 3.8) is 0 Å². The Morgan fingerprint density at radius 1 is 1.17 bits per heavy atom. The lowest BCUT2D eigenvalue weighted by atomic mass is 9.88. The molecule has 0 saturated carbocycles. The van der Waals surface area contributed by atoms with Crippen molar-refractivity contribution in [1.82, 2.24) is 15.5 Å². The van der Waals surface area contributed by atoms with E-state index in [1.807, 2.05) is 13.8 Å². The summed E-state index contributed by atoms with van der Waals surface area (Å²) in [6.45, 7) is 3.00. The fourth-order valence-electron chi connectivity index (χ4n) is 3.34. The molecule has 8 nitrogen and oxygen atoms in total. The number of rotatable bonds is 10. The minimum Gasteiger partial charge on any atom is -0.454 e. The summed E-state index contributed by atoms with van der Waals surface area (Å²) in [6.07, 6.45) is 2.44. The van der Waals surface area contributed by atoms with Gasteiger partial charge in [0.2, 0.25) is 0 Å². The van der Waals surface area contributed by atoms with Crippen LogP contribution in [0.2, 0.25) is 5.02 Å². The smallest absolute Gasteiger partial charge is 0.326 e. The predicted octanol–water partition coefficient (Wildman–Crippen LogP) is 2.39. The summed E-state index contributed by atoms with van der Waals surface area (Å²) in [5, 5.41) is 5.83. The lowest BCUT2D eigenvalue weighted by molar-refractivity contribution is -0.151. The van der Waals surface area contributed by atoms with Crippen LogP contribution in [0.15, 0.2) is 24.3 Å². The Morgan fingerprint density at radius 2 is 1.83 bits per heavy atom. The molecule has 2 N–H and O–H groups in total. The molecule has 1 aromatic rings. The molecule has 0 atom stereocenters. The van der Waals surface area contributed by atoms with Crippen molar-refractivity contribution in [1.29, 1.82) is 0 Å². The first kappa shape index (κ1) is 22.7. The van der Waals surface area contributed by atoms with E-state index < -0.39 is 42.5 Å². The summed E-state index contributed by atoms with van der Waals surface area (Å²) in [4.78, 5) is 49.7. The van der Waals surface area contributed by atoms with Crippen LogP contribution in [0.3, 0.4) is 0 Å². The fraction of sp³-hybridized carbons (Fsp3) is 0.500. The van der Waals surface area contributed by atoms with Crippen LogP contribution in [0, 0.1) is 0 Å². The Morgan fingerprint density at radius 3 is 2.45 bits per heavy atom. The second kappa shape index (κ2) is 10.2. The summed E-state index contributed by atoms with van der Waals surface area (Å²) in [5.41, 5.74) is -0.232. The van der Waals surface area contributed by atoms with E-state index in [9.17, 15) is 19.2 Å². The number of nitrogens with one attached hydrogen (secondary N) is 2. The number of hydrogen-bond donors (Lipinski definition) is 2. The summed E-state index contributed by atoms with van der Waals surface area (Å²) in [5.74, 6) is -1.77. The summed E-state index contributed by atoms with van der Waals surface area (Å²) < 4.78 is 4.91.